The highest BCUT2D eigenvalue weighted by Crippen LogP contribution is 2.48. The molecule has 1 heterocycles. The standard InChI is InChI=1S/C25H36F3NO2/c1-5-7-14-31-29-24(3,4)16-20(17-25(29,27)28)19-10-13-22(23(26)15-19)18-8-11-21(12-9-18)30-6-2/h5,10,13,15,18,20-21H,1,6-9,11-12,14,16-17H2,2-4H3. The zero-order chi connectivity index (χ0) is 22.6. The summed E-state index contributed by atoms with van der Waals surface area (Å²) in [5, 5.41) is 0.835. The third-order valence-corrected chi connectivity index (χ3v) is 6.64. The summed E-state index contributed by atoms with van der Waals surface area (Å²) in [5.74, 6) is -0.534. The van der Waals surface area contributed by atoms with Gasteiger partial charge in [0.25, 0.3) is 0 Å². The number of hydrogen-bond acceptors (Lipinski definition) is 3. The molecule has 1 unspecified atom stereocenters. The maximum Gasteiger partial charge on any atom is 0.326 e. The molecule has 1 aliphatic carbocycles. The van der Waals surface area contributed by atoms with Gasteiger partial charge in [-0.25, -0.2) is 4.39 Å². The van der Waals surface area contributed by atoms with E-state index in [0.717, 1.165) is 30.7 Å². The second-order valence-corrected chi connectivity index (χ2v) is 9.50. The molecule has 0 bridgehead atoms. The summed E-state index contributed by atoms with van der Waals surface area (Å²) < 4.78 is 50.7. The second kappa shape index (κ2) is 10.1. The monoisotopic (exact) mass is 439 g/mol. The highest BCUT2D eigenvalue weighted by Gasteiger charge is 2.53. The SMILES string of the molecule is C=CCCON1C(C)(C)CC(c2ccc(C3CCC(OCC)CC3)c(F)c2)CC1(F)F. The molecular weight excluding hydrogens is 403 g/mol. The van der Waals surface area contributed by atoms with E-state index in [1.54, 1.807) is 19.9 Å². The van der Waals surface area contributed by atoms with Crippen LogP contribution in [-0.2, 0) is 9.57 Å². The molecule has 0 aromatic heterocycles. The van der Waals surface area contributed by atoms with E-state index in [1.165, 1.54) is 6.07 Å². The van der Waals surface area contributed by atoms with Crippen LogP contribution >= 0.6 is 0 Å². The maximum atomic E-state index is 15.0. The molecule has 3 nitrogen and oxygen atoms in total. The Hall–Kier alpha value is -1.37. The normalized spacial score (nSPS) is 28.4. The lowest BCUT2D eigenvalue weighted by Gasteiger charge is -2.48. The first-order valence-electron chi connectivity index (χ1n) is 11.5. The highest BCUT2D eigenvalue weighted by molar-refractivity contribution is 5.31. The molecule has 1 saturated heterocycles. The van der Waals surface area contributed by atoms with Crippen molar-refractivity contribution in [2.45, 2.75) is 95.2 Å². The van der Waals surface area contributed by atoms with E-state index >= 15 is 4.39 Å². The van der Waals surface area contributed by atoms with E-state index in [1.807, 2.05) is 19.1 Å². The molecule has 174 valence electrons. The minimum absolute atomic E-state index is 0.169. The number of ether oxygens (including phenoxy) is 1. The molecule has 2 fully saturated rings. The Balaban J connectivity index is 1.71. The first kappa shape index (κ1) is 24.3. The van der Waals surface area contributed by atoms with Crippen molar-refractivity contribution in [3.8, 4) is 0 Å². The number of benzene rings is 1. The minimum Gasteiger partial charge on any atom is -0.379 e. The summed E-state index contributed by atoms with van der Waals surface area (Å²) in [5.41, 5.74) is 0.470. The number of hydrogen-bond donors (Lipinski definition) is 0. The van der Waals surface area contributed by atoms with Crippen LogP contribution in [0.25, 0.3) is 0 Å². The van der Waals surface area contributed by atoms with Gasteiger partial charge in [0.15, 0.2) is 0 Å². The van der Waals surface area contributed by atoms with Gasteiger partial charge < -0.3 is 4.74 Å². The number of hydroxylamine groups is 2. The lowest BCUT2D eigenvalue weighted by atomic mass is 9.77. The molecular formula is C25H36F3NO2. The molecule has 0 radical (unpaired) electrons. The fourth-order valence-electron chi connectivity index (χ4n) is 5.22. The zero-order valence-corrected chi connectivity index (χ0v) is 19.0. The van der Waals surface area contributed by atoms with Crippen LogP contribution in [0.1, 0.15) is 88.7 Å². The van der Waals surface area contributed by atoms with E-state index < -0.39 is 17.5 Å². The van der Waals surface area contributed by atoms with Crippen molar-refractivity contribution >= 4 is 0 Å². The van der Waals surface area contributed by atoms with Crippen LogP contribution in [0.4, 0.5) is 13.2 Å². The van der Waals surface area contributed by atoms with Crippen LogP contribution in [0.2, 0.25) is 0 Å². The average Bonchev–Trinajstić information content (AvgIpc) is 2.70. The van der Waals surface area contributed by atoms with Gasteiger partial charge in [-0.1, -0.05) is 18.2 Å². The van der Waals surface area contributed by atoms with Gasteiger partial charge >= 0.3 is 6.05 Å². The Labute approximate surface area is 184 Å². The Morgan fingerprint density at radius 3 is 2.42 bits per heavy atom. The van der Waals surface area contributed by atoms with Crippen molar-refractivity contribution in [1.82, 2.24) is 5.06 Å². The molecule has 0 spiro atoms. The van der Waals surface area contributed by atoms with Gasteiger partial charge in [-0.3, -0.25) is 4.84 Å². The highest BCUT2D eigenvalue weighted by atomic mass is 19.3. The number of halogens is 3. The lowest BCUT2D eigenvalue weighted by molar-refractivity contribution is -0.370. The number of rotatable bonds is 8. The zero-order valence-electron chi connectivity index (χ0n) is 19.0. The number of piperidine rings is 1. The number of nitrogens with zero attached hydrogens (tertiary/aromatic N) is 1. The van der Waals surface area contributed by atoms with Crippen LogP contribution in [0.15, 0.2) is 30.9 Å². The predicted octanol–water partition coefficient (Wildman–Crippen LogP) is 6.95. The summed E-state index contributed by atoms with van der Waals surface area (Å²) >= 11 is 0. The molecule has 31 heavy (non-hydrogen) atoms. The van der Waals surface area contributed by atoms with E-state index in [4.69, 9.17) is 9.57 Å². The Kier molecular flexibility index (Phi) is 7.87. The van der Waals surface area contributed by atoms with Gasteiger partial charge in [-0.2, -0.15) is 8.78 Å². The van der Waals surface area contributed by atoms with Crippen LogP contribution in [0.5, 0.6) is 0 Å². The molecule has 1 aromatic carbocycles. The third-order valence-electron chi connectivity index (χ3n) is 6.64. The number of alkyl halides is 2. The summed E-state index contributed by atoms with van der Waals surface area (Å²) in [4.78, 5) is 5.41. The van der Waals surface area contributed by atoms with E-state index in [9.17, 15) is 8.78 Å². The molecule has 0 N–H and O–H groups in total. The fraction of sp³-hybridized carbons (Fsp3) is 0.680. The average molecular weight is 440 g/mol. The first-order valence-corrected chi connectivity index (χ1v) is 11.5. The van der Waals surface area contributed by atoms with Crippen molar-refractivity contribution in [2.75, 3.05) is 13.2 Å². The largest absolute Gasteiger partial charge is 0.379 e. The van der Waals surface area contributed by atoms with E-state index in [0.29, 0.717) is 30.6 Å². The minimum atomic E-state index is -3.12. The Morgan fingerprint density at radius 1 is 1.13 bits per heavy atom. The molecule has 6 heteroatoms. The summed E-state index contributed by atoms with van der Waals surface area (Å²) in [6, 6.07) is 2.02. The van der Waals surface area contributed by atoms with Gasteiger partial charge in [-0.15, -0.1) is 11.6 Å². The molecule has 1 aromatic rings. The predicted molar refractivity (Wildman–Crippen MR) is 117 cm³/mol. The van der Waals surface area contributed by atoms with Crippen molar-refractivity contribution in [3.63, 3.8) is 0 Å². The second-order valence-electron chi connectivity index (χ2n) is 9.50. The quantitative estimate of drug-likeness (QED) is 0.249. The topological polar surface area (TPSA) is 21.7 Å². The van der Waals surface area contributed by atoms with Crippen molar-refractivity contribution < 1.29 is 22.7 Å². The Bertz CT molecular complexity index is 726. The van der Waals surface area contributed by atoms with Crippen LogP contribution in [-0.4, -0.2) is 36.0 Å². The lowest BCUT2D eigenvalue weighted by Crippen LogP contribution is -2.58. The van der Waals surface area contributed by atoms with Crippen molar-refractivity contribution in [1.29, 1.82) is 0 Å². The molecule has 0 amide bonds. The summed E-state index contributed by atoms with van der Waals surface area (Å²) in [6.45, 7) is 9.97. The van der Waals surface area contributed by atoms with Gasteiger partial charge in [0.05, 0.1) is 12.7 Å². The molecule has 1 saturated carbocycles. The first-order chi connectivity index (χ1) is 14.7. The van der Waals surface area contributed by atoms with E-state index in [2.05, 4.69) is 6.58 Å². The van der Waals surface area contributed by atoms with Crippen LogP contribution in [0, 0.1) is 5.82 Å². The Morgan fingerprint density at radius 2 is 1.84 bits per heavy atom. The van der Waals surface area contributed by atoms with Gasteiger partial charge in [0.1, 0.15) is 5.82 Å². The van der Waals surface area contributed by atoms with Gasteiger partial charge in [-0.05, 0) is 88.3 Å². The van der Waals surface area contributed by atoms with Gasteiger partial charge in [0.2, 0.25) is 0 Å². The molecule has 1 atom stereocenters. The fourth-order valence-corrected chi connectivity index (χ4v) is 5.22. The van der Waals surface area contributed by atoms with Crippen LogP contribution in [0.3, 0.4) is 0 Å². The summed E-state index contributed by atoms with van der Waals surface area (Å²) in [6.07, 6.45) is 6.16. The molecule has 1 aliphatic heterocycles. The third kappa shape index (κ3) is 5.71. The molecule has 3 rings (SSSR count). The van der Waals surface area contributed by atoms with E-state index in [-0.39, 0.29) is 30.9 Å². The molecule has 2 aliphatic rings. The van der Waals surface area contributed by atoms with Crippen molar-refractivity contribution in [2.24, 2.45) is 0 Å². The maximum absolute atomic E-state index is 15.0. The summed E-state index contributed by atoms with van der Waals surface area (Å²) in [7, 11) is 0. The smallest absolute Gasteiger partial charge is 0.326 e. The van der Waals surface area contributed by atoms with Gasteiger partial charge in [0, 0.05) is 18.6 Å². The van der Waals surface area contributed by atoms with Crippen LogP contribution < -0.4 is 0 Å². The van der Waals surface area contributed by atoms with Crippen molar-refractivity contribution in [3.05, 3.63) is 47.8 Å².